The number of guanidine groups is 1. The van der Waals surface area contributed by atoms with Gasteiger partial charge in [0.1, 0.15) is 5.82 Å². The van der Waals surface area contributed by atoms with Gasteiger partial charge in [-0.1, -0.05) is 12.1 Å². The summed E-state index contributed by atoms with van der Waals surface area (Å²) in [7, 11) is 0. The average Bonchev–Trinajstić information content (AvgIpc) is 2.54. The number of hydrogen-bond donors (Lipinski definition) is 2. The molecule has 3 N–H and O–H groups in total. The summed E-state index contributed by atoms with van der Waals surface area (Å²) in [5, 5.41) is 3.14. The van der Waals surface area contributed by atoms with Gasteiger partial charge in [0.25, 0.3) is 0 Å². The van der Waals surface area contributed by atoms with Crippen LogP contribution in [0.15, 0.2) is 41.5 Å². The number of anilines is 1. The molecule has 5 heteroatoms. The molecule has 1 heterocycles. The Labute approximate surface area is 129 Å². The highest BCUT2D eigenvalue weighted by molar-refractivity contribution is 5.93. The fraction of sp³-hybridized carbons (Fsp3) is 0.294. The Bertz CT molecular complexity index is 697. The molecule has 4 nitrogen and oxygen atoms in total. The van der Waals surface area contributed by atoms with Crippen molar-refractivity contribution in [3.8, 4) is 0 Å². The molecule has 0 atom stereocenters. The first-order chi connectivity index (χ1) is 10.7. The zero-order valence-electron chi connectivity index (χ0n) is 12.3. The van der Waals surface area contributed by atoms with Gasteiger partial charge in [0.2, 0.25) is 0 Å². The van der Waals surface area contributed by atoms with Crippen LogP contribution in [0.25, 0.3) is 0 Å². The van der Waals surface area contributed by atoms with Crippen LogP contribution in [0.5, 0.6) is 0 Å². The Kier molecular flexibility index (Phi) is 4.32. The lowest BCUT2D eigenvalue weighted by atomic mass is 9.90. The predicted octanol–water partition coefficient (Wildman–Crippen LogP) is 3.03. The maximum Gasteiger partial charge on any atom is 0.193 e. The Hall–Kier alpha value is -2.43. The number of benzene rings is 1. The second-order valence-electron chi connectivity index (χ2n) is 5.41. The minimum Gasteiger partial charge on any atom is -0.370 e. The molecule has 0 amide bonds. The summed E-state index contributed by atoms with van der Waals surface area (Å²) < 4.78 is 13.5. The highest BCUT2D eigenvalue weighted by atomic mass is 19.1. The summed E-state index contributed by atoms with van der Waals surface area (Å²) in [4.78, 5) is 8.14. The molecule has 114 valence electrons. The molecule has 0 saturated heterocycles. The van der Waals surface area contributed by atoms with Crippen molar-refractivity contribution in [1.29, 1.82) is 0 Å². The summed E-state index contributed by atoms with van der Waals surface area (Å²) in [5.74, 6) is -0.0832. The van der Waals surface area contributed by atoms with E-state index < -0.39 is 0 Å². The molecule has 0 aliphatic heterocycles. The van der Waals surface area contributed by atoms with E-state index in [0.29, 0.717) is 5.69 Å². The average molecular weight is 298 g/mol. The summed E-state index contributed by atoms with van der Waals surface area (Å²) in [6, 6.07) is 9.12. The number of aromatic nitrogens is 1. The van der Waals surface area contributed by atoms with Gasteiger partial charge in [0.05, 0.1) is 12.2 Å². The summed E-state index contributed by atoms with van der Waals surface area (Å²) in [6.45, 7) is 0.126. The van der Waals surface area contributed by atoms with Gasteiger partial charge in [-0.25, -0.2) is 9.38 Å². The van der Waals surface area contributed by atoms with E-state index in [4.69, 9.17) is 5.73 Å². The zero-order chi connectivity index (χ0) is 15.4. The Morgan fingerprint density at radius 2 is 2.09 bits per heavy atom. The monoisotopic (exact) mass is 298 g/mol. The number of hydrogen-bond acceptors (Lipinski definition) is 2. The van der Waals surface area contributed by atoms with Crippen molar-refractivity contribution in [2.24, 2.45) is 10.7 Å². The molecule has 22 heavy (non-hydrogen) atoms. The minimum absolute atomic E-state index is 0.126. The first kappa shape index (κ1) is 14.5. The van der Waals surface area contributed by atoms with Gasteiger partial charge in [0, 0.05) is 11.9 Å². The van der Waals surface area contributed by atoms with Crippen LogP contribution in [0.1, 0.15) is 29.7 Å². The lowest BCUT2D eigenvalue weighted by Gasteiger charge is -2.19. The third-order valence-corrected chi connectivity index (χ3v) is 3.89. The molecule has 0 saturated carbocycles. The van der Waals surface area contributed by atoms with Gasteiger partial charge >= 0.3 is 0 Å². The number of pyridine rings is 1. The van der Waals surface area contributed by atoms with E-state index >= 15 is 0 Å². The number of rotatable bonds is 3. The molecule has 1 aromatic carbocycles. The van der Waals surface area contributed by atoms with Gasteiger partial charge in [-0.2, -0.15) is 0 Å². The van der Waals surface area contributed by atoms with Crippen molar-refractivity contribution < 1.29 is 4.39 Å². The molecule has 2 aromatic rings. The first-order valence-electron chi connectivity index (χ1n) is 7.51. The molecule has 0 fully saturated rings. The van der Waals surface area contributed by atoms with E-state index in [2.05, 4.69) is 21.4 Å². The number of aryl methyl sites for hydroxylation is 1. The van der Waals surface area contributed by atoms with Crippen molar-refractivity contribution in [1.82, 2.24) is 4.98 Å². The van der Waals surface area contributed by atoms with Gasteiger partial charge in [-0.05, 0) is 55.0 Å². The Balaban J connectivity index is 1.73. The van der Waals surface area contributed by atoms with Crippen LogP contribution in [-0.4, -0.2) is 10.9 Å². The van der Waals surface area contributed by atoms with E-state index in [0.717, 1.165) is 18.5 Å². The Morgan fingerprint density at radius 3 is 2.95 bits per heavy atom. The predicted molar refractivity (Wildman–Crippen MR) is 86.2 cm³/mol. The van der Waals surface area contributed by atoms with Crippen LogP contribution in [0.2, 0.25) is 0 Å². The van der Waals surface area contributed by atoms with Crippen LogP contribution >= 0.6 is 0 Å². The van der Waals surface area contributed by atoms with E-state index in [1.165, 1.54) is 30.0 Å². The number of nitrogens with zero attached hydrogens (tertiary/aromatic N) is 2. The second kappa shape index (κ2) is 6.56. The summed E-state index contributed by atoms with van der Waals surface area (Å²) in [5.41, 5.74) is 9.91. The van der Waals surface area contributed by atoms with Gasteiger partial charge in [0.15, 0.2) is 5.96 Å². The van der Waals surface area contributed by atoms with Gasteiger partial charge < -0.3 is 11.1 Å². The molecular formula is C17H19FN4. The van der Waals surface area contributed by atoms with Gasteiger partial charge in [-0.3, -0.25) is 4.98 Å². The summed E-state index contributed by atoms with van der Waals surface area (Å²) in [6.07, 6.45) is 6.15. The third-order valence-electron chi connectivity index (χ3n) is 3.89. The van der Waals surface area contributed by atoms with E-state index in [-0.39, 0.29) is 18.3 Å². The summed E-state index contributed by atoms with van der Waals surface area (Å²) >= 11 is 0. The highest BCUT2D eigenvalue weighted by Crippen LogP contribution is 2.27. The van der Waals surface area contributed by atoms with Crippen molar-refractivity contribution in [2.45, 2.75) is 32.2 Å². The fourth-order valence-corrected chi connectivity index (χ4v) is 2.77. The van der Waals surface area contributed by atoms with Gasteiger partial charge in [-0.15, -0.1) is 0 Å². The number of nitrogens with two attached hydrogens (primary N) is 1. The topological polar surface area (TPSA) is 63.3 Å². The Morgan fingerprint density at radius 1 is 1.23 bits per heavy atom. The molecule has 0 radical (unpaired) electrons. The molecular weight excluding hydrogens is 279 g/mol. The van der Waals surface area contributed by atoms with Crippen LogP contribution in [-0.2, 0) is 19.4 Å². The molecule has 3 rings (SSSR count). The molecule has 1 aliphatic carbocycles. The quantitative estimate of drug-likeness (QED) is 0.676. The normalized spacial score (nSPS) is 14.5. The molecule has 0 unspecified atom stereocenters. The van der Waals surface area contributed by atoms with Crippen molar-refractivity contribution in [3.05, 3.63) is 59.2 Å². The zero-order valence-corrected chi connectivity index (χ0v) is 12.3. The largest absolute Gasteiger partial charge is 0.370 e. The van der Waals surface area contributed by atoms with Crippen LogP contribution in [0.4, 0.5) is 10.1 Å². The number of nitrogens with one attached hydrogen (secondary N) is 1. The second-order valence-corrected chi connectivity index (χ2v) is 5.41. The lowest BCUT2D eigenvalue weighted by molar-refractivity contribution is 0.600. The minimum atomic E-state index is -0.365. The van der Waals surface area contributed by atoms with E-state index in [9.17, 15) is 4.39 Å². The SMILES string of the molecule is NC(=NCc1ncccc1F)Nc1cccc2c1CCCC2. The number of halogens is 1. The first-order valence-corrected chi connectivity index (χ1v) is 7.51. The van der Waals surface area contributed by atoms with Crippen molar-refractivity contribution in [2.75, 3.05) is 5.32 Å². The van der Waals surface area contributed by atoms with Crippen molar-refractivity contribution in [3.63, 3.8) is 0 Å². The number of aliphatic imine (C=N–C) groups is 1. The molecule has 1 aromatic heterocycles. The van der Waals surface area contributed by atoms with Crippen LogP contribution in [0.3, 0.4) is 0 Å². The lowest BCUT2D eigenvalue weighted by Crippen LogP contribution is -2.24. The standard InChI is InChI=1S/C17H19FN4/c18-14-8-4-10-20-16(14)11-21-17(19)22-15-9-3-6-12-5-1-2-7-13(12)15/h3-4,6,8-10H,1-2,5,7,11H2,(H3,19,21,22). The molecule has 0 bridgehead atoms. The maximum absolute atomic E-state index is 13.5. The third kappa shape index (κ3) is 3.24. The van der Waals surface area contributed by atoms with Crippen LogP contribution in [0, 0.1) is 5.82 Å². The molecule has 1 aliphatic rings. The van der Waals surface area contributed by atoms with E-state index in [1.807, 2.05) is 12.1 Å². The van der Waals surface area contributed by atoms with E-state index in [1.54, 1.807) is 12.3 Å². The fourth-order valence-electron chi connectivity index (χ4n) is 2.77. The highest BCUT2D eigenvalue weighted by Gasteiger charge is 2.13. The smallest absolute Gasteiger partial charge is 0.193 e. The number of fused-ring (bicyclic) bond motifs is 1. The van der Waals surface area contributed by atoms with Crippen LogP contribution < -0.4 is 11.1 Å². The molecule has 0 spiro atoms. The maximum atomic E-state index is 13.5. The van der Waals surface area contributed by atoms with Crippen molar-refractivity contribution >= 4 is 11.6 Å².